The molecule has 3 aliphatic rings. The van der Waals surface area contributed by atoms with E-state index in [1.807, 2.05) is 6.07 Å². The fourth-order valence-electron chi connectivity index (χ4n) is 5.92. The standard InChI is InChI=1S/C29H25F3N4O/c30-29(31,32)23-7-11-33-17-22(23)26-25(27(37-35-26)18-3-4-18)20-15-28(16-20)8-12-36(13-9-28)21-5-6-24-19(14-21)2-1-10-34-24/h1-2,5-7,10-11,14-15,17-18H,3-4,8-9,12-13,16H2. The van der Waals surface area contributed by atoms with Crippen molar-refractivity contribution >= 4 is 22.2 Å². The maximum atomic E-state index is 13.8. The van der Waals surface area contributed by atoms with E-state index in [2.05, 4.69) is 50.4 Å². The second-order valence-electron chi connectivity index (χ2n) is 10.5. The van der Waals surface area contributed by atoms with Crippen molar-refractivity contribution in [2.75, 3.05) is 18.0 Å². The minimum absolute atomic E-state index is 0.0110. The minimum Gasteiger partial charge on any atom is -0.371 e. The highest BCUT2D eigenvalue weighted by molar-refractivity contribution is 5.85. The molecule has 1 aromatic carbocycles. The Labute approximate surface area is 212 Å². The Hall–Kier alpha value is -3.68. The summed E-state index contributed by atoms with van der Waals surface area (Å²) in [6.07, 6.45) is 6.82. The summed E-state index contributed by atoms with van der Waals surface area (Å²) in [5.74, 6) is 0.972. The number of hydrogen-bond donors (Lipinski definition) is 0. The van der Waals surface area contributed by atoms with Gasteiger partial charge in [0.25, 0.3) is 0 Å². The lowest BCUT2D eigenvalue weighted by atomic mass is 9.63. The number of nitrogens with zero attached hydrogens (tertiary/aromatic N) is 4. The highest BCUT2D eigenvalue weighted by Gasteiger charge is 2.45. The Kier molecular flexibility index (Phi) is 4.97. The number of rotatable bonds is 4. The van der Waals surface area contributed by atoms with Crippen molar-refractivity contribution in [1.29, 1.82) is 0 Å². The smallest absolute Gasteiger partial charge is 0.371 e. The average molecular weight is 503 g/mol. The number of hydrogen-bond acceptors (Lipinski definition) is 5. The molecule has 2 aliphatic carbocycles. The molecule has 4 aromatic rings. The van der Waals surface area contributed by atoms with E-state index in [0.29, 0.717) is 0 Å². The summed E-state index contributed by atoms with van der Waals surface area (Å²) in [7, 11) is 0. The summed E-state index contributed by atoms with van der Waals surface area (Å²) in [6.45, 7) is 1.87. The van der Waals surface area contributed by atoms with Crippen LogP contribution in [0.4, 0.5) is 18.9 Å². The van der Waals surface area contributed by atoms with Crippen molar-refractivity contribution < 1.29 is 17.7 Å². The number of benzene rings is 1. The monoisotopic (exact) mass is 502 g/mol. The third kappa shape index (κ3) is 3.90. The van der Waals surface area contributed by atoms with E-state index in [-0.39, 0.29) is 22.6 Å². The molecule has 1 spiro atoms. The molecule has 7 rings (SSSR count). The molecule has 4 heterocycles. The van der Waals surface area contributed by atoms with E-state index in [1.54, 1.807) is 6.20 Å². The van der Waals surface area contributed by atoms with Crippen molar-refractivity contribution in [3.8, 4) is 11.3 Å². The van der Waals surface area contributed by atoms with Crippen LogP contribution in [0.1, 0.15) is 54.9 Å². The van der Waals surface area contributed by atoms with E-state index < -0.39 is 11.7 Å². The SMILES string of the molecule is FC(F)(F)c1ccncc1-c1noc(C2CC2)c1C1=CC2(CCN(c3ccc4ncccc4c3)CC2)C1. The zero-order chi connectivity index (χ0) is 25.2. The predicted molar refractivity (Wildman–Crippen MR) is 135 cm³/mol. The Morgan fingerprint density at radius 2 is 1.84 bits per heavy atom. The molecule has 3 aromatic heterocycles. The molecule has 1 saturated heterocycles. The quantitative estimate of drug-likeness (QED) is 0.294. The van der Waals surface area contributed by atoms with Gasteiger partial charge in [0.1, 0.15) is 11.5 Å². The van der Waals surface area contributed by atoms with Crippen molar-refractivity contribution in [3.63, 3.8) is 0 Å². The third-order valence-electron chi connectivity index (χ3n) is 8.10. The van der Waals surface area contributed by atoms with Gasteiger partial charge in [0.2, 0.25) is 0 Å². The van der Waals surface area contributed by atoms with Crippen LogP contribution in [-0.2, 0) is 6.18 Å². The molecular weight excluding hydrogens is 477 g/mol. The molecule has 0 atom stereocenters. The second-order valence-corrected chi connectivity index (χ2v) is 10.5. The van der Waals surface area contributed by atoms with Crippen LogP contribution in [0, 0.1) is 5.41 Å². The van der Waals surface area contributed by atoms with E-state index >= 15 is 0 Å². The van der Waals surface area contributed by atoms with Gasteiger partial charge < -0.3 is 9.42 Å². The van der Waals surface area contributed by atoms with E-state index in [9.17, 15) is 13.2 Å². The molecule has 5 nitrogen and oxygen atoms in total. The lowest BCUT2D eigenvalue weighted by Gasteiger charge is -2.47. The van der Waals surface area contributed by atoms with Gasteiger partial charge in [0.05, 0.1) is 11.1 Å². The topological polar surface area (TPSA) is 55.1 Å². The van der Waals surface area contributed by atoms with Gasteiger partial charge in [-0.2, -0.15) is 13.2 Å². The molecule has 0 N–H and O–H groups in total. The van der Waals surface area contributed by atoms with Crippen molar-refractivity contribution in [1.82, 2.24) is 15.1 Å². The lowest BCUT2D eigenvalue weighted by molar-refractivity contribution is -0.137. The predicted octanol–water partition coefficient (Wildman–Crippen LogP) is 7.25. The fourth-order valence-corrected chi connectivity index (χ4v) is 5.92. The Bertz CT molecular complexity index is 1530. The van der Waals surface area contributed by atoms with Crippen molar-refractivity contribution in [2.24, 2.45) is 5.41 Å². The van der Waals surface area contributed by atoms with Gasteiger partial charge in [-0.1, -0.05) is 17.3 Å². The molecular formula is C29H25F3N4O. The number of fused-ring (bicyclic) bond motifs is 1. The first-order valence-corrected chi connectivity index (χ1v) is 12.7. The number of anilines is 1. The highest BCUT2D eigenvalue weighted by atomic mass is 19.4. The van der Waals surface area contributed by atoms with Crippen LogP contribution >= 0.6 is 0 Å². The summed E-state index contributed by atoms with van der Waals surface area (Å²) in [5.41, 5.74) is 3.61. The number of pyridine rings is 2. The van der Waals surface area contributed by atoms with E-state index in [0.717, 1.165) is 79.1 Å². The van der Waals surface area contributed by atoms with Gasteiger partial charge in [-0.25, -0.2) is 0 Å². The molecule has 0 radical (unpaired) electrons. The van der Waals surface area contributed by atoms with Gasteiger partial charge in [0, 0.05) is 59.8 Å². The first kappa shape index (κ1) is 22.5. The fraction of sp³-hybridized carbons (Fsp3) is 0.345. The van der Waals surface area contributed by atoms with Crippen LogP contribution in [0.15, 0.2) is 65.6 Å². The first-order valence-electron chi connectivity index (χ1n) is 12.7. The van der Waals surface area contributed by atoms with E-state index in [1.165, 1.54) is 18.1 Å². The molecule has 8 heteroatoms. The zero-order valence-electron chi connectivity index (χ0n) is 20.1. The molecule has 0 bridgehead atoms. The molecule has 1 saturated carbocycles. The lowest BCUT2D eigenvalue weighted by Crippen LogP contribution is -2.42. The van der Waals surface area contributed by atoms with Gasteiger partial charge >= 0.3 is 6.18 Å². The number of allylic oxidation sites excluding steroid dienone is 2. The number of piperidine rings is 1. The normalized spacial score (nSPS) is 19.2. The first-order chi connectivity index (χ1) is 17.9. The Morgan fingerprint density at radius 3 is 2.59 bits per heavy atom. The summed E-state index contributed by atoms with van der Waals surface area (Å²) in [5, 5.41) is 5.30. The second kappa shape index (κ2) is 8.16. The molecule has 0 unspecified atom stereocenters. The molecule has 1 aliphatic heterocycles. The van der Waals surface area contributed by atoms with E-state index in [4.69, 9.17) is 4.52 Å². The van der Waals surface area contributed by atoms with Crippen LogP contribution < -0.4 is 4.90 Å². The van der Waals surface area contributed by atoms with Gasteiger partial charge in [-0.3, -0.25) is 9.97 Å². The summed E-state index contributed by atoms with van der Waals surface area (Å²) in [6, 6.07) is 11.4. The van der Waals surface area contributed by atoms with Crippen molar-refractivity contribution in [3.05, 3.63) is 78.0 Å². The largest absolute Gasteiger partial charge is 0.417 e. The molecule has 37 heavy (non-hydrogen) atoms. The van der Waals surface area contributed by atoms with Crippen LogP contribution in [0.3, 0.4) is 0 Å². The molecule has 0 amide bonds. The van der Waals surface area contributed by atoms with Crippen LogP contribution in [-0.4, -0.2) is 28.2 Å². The summed E-state index contributed by atoms with van der Waals surface area (Å²) < 4.78 is 47.0. The molecule has 2 fully saturated rings. The highest BCUT2D eigenvalue weighted by Crippen LogP contribution is 2.56. The van der Waals surface area contributed by atoms with Gasteiger partial charge in [-0.15, -0.1) is 0 Å². The van der Waals surface area contributed by atoms with Crippen LogP contribution in [0.2, 0.25) is 0 Å². The van der Waals surface area contributed by atoms with Crippen molar-refractivity contribution in [2.45, 2.75) is 44.2 Å². The number of aromatic nitrogens is 3. The Morgan fingerprint density at radius 1 is 1.03 bits per heavy atom. The minimum atomic E-state index is -4.49. The number of halogens is 3. The maximum Gasteiger partial charge on any atom is 0.417 e. The summed E-state index contributed by atoms with van der Waals surface area (Å²) in [4.78, 5) is 10.8. The van der Waals surface area contributed by atoms with Crippen LogP contribution in [0.25, 0.3) is 27.7 Å². The van der Waals surface area contributed by atoms with Crippen LogP contribution in [0.5, 0.6) is 0 Å². The zero-order valence-corrected chi connectivity index (χ0v) is 20.1. The Balaban J connectivity index is 1.17. The maximum absolute atomic E-state index is 13.8. The van der Waals surface area contributed by atoms with Gasteiger partial charge in [0.15, 0.2) is 0 Å². The van der Waals surface area contributed by atoms with Gasteiger partial charge in [-0.05, 0) is 73.4 Å². The third-order valence-corrected chi connectivity index (χ3v) is 8.10. The molecule has 188 valence electrons. The number of alkyl halides is 3. The average Bonchev–Trinajstić information content (AvgIpc) is 3.65. The summed E-state index contributed by atoms with van der Waals surface area (Å²) >= 11 is 0.